The Balaban J connectivity index is 4.42. The maximum Gasteiger partial charge on any atom is 0.356 e. The molecule has 3 N–H and O–H groups in total. The van der Waals surface area contributed by atoms with E-state index in [4.69, 9.17) is 16.1 Å². The lowest BCUT2D eigenvalue weighted by molar-refractivity contribution is 0.254. The molecule has 0 aromatic rings. The highest BCUT2D eigenvalue weighted by Gasteiger charge is 2.23. The monoisotopic (exact) mass is 196 g/mol. The Morgan fingerprint density at radius 1 is 1.79 bits per heavy atom. The highest BCUT2D eigenvalue weighted by molar-refractivity contribution is 5.71. The first kappa shape index (κ1) is 12.1. The molecule has 6 nitrogen and oxygen atoms in total. The number of nitrogens with two attached hydrogens (primary N) is 1. The fourth-order valence-electron chi connectivity index (χ4n) is 0.676. The van der Waals surface area contributed by atoms with Crippen LogP contribution in [0.25, 0.3) is 0 Å². The van der Waals surface area contributed by atoms with E-state index >= 15 is 0 Å². The molecule has 0 aromatic heterocycles. The van der Waals surface area contributed by atoms with Gasteiger partial charge in [0.05, 0.1) is 11.8 Å². The molecule has 0 radical (unpaired) electrons. The normalized spacial score (nSPS) is 14.6. The van der Waals surface area contributed by atoms with Crippen molar-refractivity contribution in [3.63, 3.8) is 0 Å². The molecule has 0 aliphatic rings. The minimum atomic E-state index is -1.15. The van der Waals surface area contributed by atoms with E-state index < -0.39 is 11.6 Å². The summed E-state index contributed by atoms with van der Waals surface area (Å²) in [6.45, 7) is 4.76. The van der Waals surface area contributed by atoms with E-state index in [1.807, 2.05) is 6.07 Å². The van der Waals surface area contributed by atoms with Crippen molar-refractivity contribution >= 4 is 6.03 Å². The number of hydrogen-bond acceptors (Lipinski definition) is 4. The Bertz CT molecular complexity index is 305. The summed E-state index contributed by atoms with van der Waals surface area (Å²) in [6, 6.07) is 0.919. The van der Waals surface area contributed by atoms with E-state index in [0.29, 0.717) is 0 Å². The Morgan fingerprint density at radius 3 is 2.71 bits per heavy atom. The van der Waals surface area contributed by atoms with Gasteiger partial charge in [0.1, 0.15) is 0 Å². The van der Waals surface area contributed by atoms with Crippen LogP contribution in [-0.2, 0) is 0 Å². The zero-order valence-corrected chi connectivity index (χ0v) is 7.90. The van der Waals surface area contributed by atoms with Gasteiger partial charge in [0.25, 0.3) is 0 Å². The average molecular weight is 196 g/mol. The van der Waals surface area contributed by atoms with Gasteiger partial charge < -0.3 is 10.8 Å². The fourth-order valence-corrected chi connectivity index (χ4v) is 0.676. The first-order valence-corrected chi connectivity index (χ1v) is 3.90. The van der Waals surface area contributed by atoms with E-state index in [0.717, 1.165) is 0 Å². The molecule has 0 saturated heterocycles. The Labute approximate surface area is 81.7 Å². The first-order chi connectivity index (χ1) is 6.39. The molecule has 0 aliphatic carbocycles. The molecule has 0 heterocycles. The summed E-state index contributed by atoms with van der Waals surface area (Å²) in [4.78, 5) is 10.3. The van der Waals surface area contributed by atoms with Gasteiger partial charge in [-0.25, -0.2) is 4.79 Å². The molecule has 2 amide bonds. The molecule has 0 bridgehead atoms. The van der Waals surface area contributed by atoms with Gasteiger partial charge in [-0.2, -0.15) is 10.4 Å². The van der Waals surface area contributed by atoms with Crippen molar-refractivity contribution in [3.05, 3.63) is 12.3 Å². The number of azo groups is 1. The van der Waals surface area contributed by atoms with Crippen LogP contribution < -0.4 is 5.73 Å². The number of primary amides is 1. The number of aliphatic hydroxyl groups is 1. The van der Waals surface area contributed by atoms with Crippen LogP contribution in [0.15, 0.2) is 22.6 Å². The molecule has 0 aromatic carbocycles. The van der Waals surface area contributed by atoms with Crippen LogP contribution in [0.1, 0.15) is 19.8 Å². The largest absolute Gasteiger partial charge is 0.513 e. The van der Waals surface area contributed by atoms with Crippen molar-refractivity contribution in [2.75, 3.05) is 0 Å². The number of nitriles is 1. The van der Waals surface area contributed by atoms with E-state index in [1.165, 1.54) is 6.92 Å². The summed E-state index contributed by atoms with van der Waals surface area (Å²) in [5.41, 5.74) is 3.58. The minimum Gasteiger partial charge on any atom is -0.513 e. The molecule has 0 saturated carbocycles. The van der Waals surface area contributed by atoms with Gasteiger partial charge in [-0.3, -0.25) is 0 Å². The van der Waals surface area contributed by atoms with E-state index in [9.17, 15) is 4.79 Å². The van der Waals surface area contributed by atoms with E-state index in [1.54, 1.807) is 0 Å². The molecule has 1 atom stereocenters. The number of hydrogen-bond donors (Lipinski definition) is 2. The lowest BCUT2D eigenvalue weighted by Crippen LogP contribution is -2.19. The zero-order valence-electron chi connectivity index (χ0n) is 7.90. The highest BCUT2D eigenvalue weighted by Crippen LogP contribution is 2.18. The molecule has 76 valence electrons. The van der Waals surface area contributed by atoms with Crippen molar-refractivity contribution in [1.82, 2.24) is 0 Å². The minimum absolute atomic E-state index is 0.0410. The predicted molar refractivity (Wildman–Crippen MR) is 49.5 cm³/mol. The zero-order chi connectivity index (χ0) is 11.2. The number of allylic oxidation sites excluding steroid dienone is 1. The number of carbonyl (C=O) groups is 1. The summed E-state index contributed by atoms with van der Waals surface area (Å²) in [7, 11) is 0. The van der Waals surface area contributed by atoms with Gasteiger partial charge in [0.2, 0.25) is 0 Å². The molecule has 0 aliphatic heterocycles. The highest BCUT2D eigenvalue weighted by atomic mass is 16.3. The van der Waals surface area contributed by atoms with Crippen LogP contribution in [0, 0.1) is 11.3 Å². The SMILES string of the molecule is C=C(O)CCC(C)(C#N)N=NC(N)=O. The van der Waals surface area contributed by atoms with Gasteiger partial charge in [-0.1, -0.05) is 11.7 Å². The van der Waals surface area contributed by atoms with Crippen molar-refractivity contribution < 1.29 is 9.90 Å². The Hall–Kier alpha value is -1.90. The third-order valence-electron chi connectivity index (χ3n) is 1.51. The van der Waals surface area contributed by atoms with Crippen LogP contribution in [0.2, 0.25) is 0 Å². The van der Waals surface area contributed by atoms with Crippen LogP contribution in [0.3, 0.4) is 0 Å². The maximum atomic E-state index is 10.3. The molecule has 0 rings (SSSR count). The first-order valence-electron chi connectivity index (χ1n) is 3.90. The third kappa shape index (κ3) is 4.87. The predicted octanol–water partition coefficient (Wildman–Crippen LogP) is 1.65. The van der Waals surface area contributed by atoms with Crippen LogP contribution >= 0.6 is 0 Å². The van der Waals surface area contributed by atoms with Gasteiger partial charge in [-0.05, 0) is 13.3 Å². The fraction of sp³-hybridized carbons (Fsp3) is 0.500. The van der Waals surface area contributed by atoms with Gasteiger partial charge in [0.15, 0.2) is 5.54 Å². The molecule has 6 heteroatoms. The number of carbonyl (C=O) groups excluding carboxylic acids is 1. The second-order valence-corrected chi connectivity index (χ2v) is 2.99. The quantitative estimate of drug-likeness (QED) is 0.526. The smallest absolute Gasteiger partial charge is 0.356 e. The lowest BCUT2D eigenvalue weighted by atomic mass is 9.99. The van der Waals surface area contributed by atoms with Gasteiger partial charge in [-0.15, -0.1) is 0 Å². The molecule has 0 fully saturated rings. The molecule has 14 heavy (non-hydrogen) atoms. The second kappa shape index (κ2) is 4.97. The molecular formula is C8H12N4O2. The Kier molecular flexibility index (Phi) is 4.29. The van der Waals surface area contributed by atoms with E-state index in [-0.39, 0.29) is 18.6 Å². The van der Waals surface area contributed by atoms with Crippen molar-refractivity contribution in [3.8, 4) is 6.07 Å². The lowest BCUT2D eigenvalue weighted by Gasteiger charge is -2.13. The topological polar surface area (TPSA) is 112 Å². The summed E-state index contributed by atoms with van der Waals surface area (Å²) >= 11 is 0. The summed E-state index contributed by atoms with van der Waals surface area (Å²) < 4.78 is 0. The van der Waals surface area contributed by atoms with Crippen molar-refractivity contribution in [2.45, 2.75) is 25.3 Å². The summed E-state index contributed by atoms with van der Waals surface area (Å²) in [5.74, 6) is -0.0410. The van der Waals surface area contributed by atoms with Crippen LogP contribution in [0.5, 0.6) is 0 Å². The number of rotatable bonds is 4. The summed E-state index contributed by atoms with van der Waals surface area (Å²) in [6.07, 6.45) is 0.456. The standard InChI is InChI=1S/C8H12N4O2/c1-6(13)3-4-8(2,5-9)12-11-7(10)14/h13H,1,3-4H2,2H3,(H2,10,14). The van der Waals surface area contributed by atoms with Crippen LogP contribution in [0.4, 0.5) is 4.79 Å². The van der Waals surface area contributed by atoms with Crippen molar-refractivity contribution in [2.24, 2.45) is 16.0 Å². The number of amides is 2. The number of urea groups is 1. The van der Waals surface area contributed by atoms with Gasteiger partial charge in [0, 0.05) is 6.42 Å². The van der Waals surface area contributed by atoms with Gasteiger partial charge >= 0.3 is 6.03 Å². The second-order valence-electron chi connectivity index (χ2n) is 2.99. The Morgan fingerprint density at radius 2 is 2.36 bits per heavy atom. The number of nitrogens with zero attached hydrogens (tertiary/aromatic N) is 3. The maximum absolute atomic E-state index is 10.3. The molecular weight excluding hydrogens is 184 g/mol. The third-order valence-corrected chi connectivity index (χ3v) is 1.51. The van der Waals surface area contributed by atoms with Crippen molar-refractivity contribution in [1.29, 1.82) is 5.26 Å². The van der Waals surface area contributed by atoms with E-state index in [2.05, 4.69) is 16.8 Å². The van der Waals surface area contributed by atoms with Crippen LogP contribution in [-0.4, -0.2) is 16.7 Å². The average Bonchev–Trinajstić information content (AvgIpc) is 2.11. The molecule has 1 unspecified atom stereocenters. The number of aliphatic hydroxyl groups excluding tert-OH is 1. The summed E-state index contributed by atoms with van der Waals surface area (Å²) in [5, 5.41) is 24.1. The molecule has 0 spiro atoms.